The minimum Gasteiger partial charge on any atom is -0.481 e. The number of carboxylic acid groups (broad SMARTS) is 1. The average molecular weight is 315 g/mol. The van der Waals surface area contributed by atoms with Crippen LogP contribution in [0.2, 0.25) is 0 Å². The summed E-state index contributed by atoms with van der Waals surface area (Å²) in [6, 6.07) is 9.00. The summed E-state index contributed by atoms with van der Waals surface area (Å²) < 4.78 is 1.53. The molecule has 0 unspecified atom stereocenters. The molecular formula is C17H21N3O3. The van der Waals surface area contributed by atoms with E-state index in [1.54, 1.807) is 25.4 Å². The van der Waals surface area contributed by atoms with Gasteiger partial charge in [0.1, 0.15) is 6.04 Å². The summed E-state index contributed by atoms with van der Waals surface area (Å²) in [5, 5.41) is 16.1. The summed E-state index contributed by atoms with van der Waals surface area (Å²) in [7, 11) is 0. The number of benzene rings is 1. The maximum absolute atomic E-state index is 12.1. The van der Waals surface area contributed by atoms with E-state index in [1.807, 2.05) is 31.2 Å². The van der Waals surface area contributed by atoms with E-state index >= 15 is 0 Å². The Morgan fingerprint density at radius 3 is 2.74 bits per heavy atom. The third-order valence-electron chi connectivity index (χ3n) is 3.74. The number of nitrogens with zero attached hydrogens (tertiary/aromatic N) is 2. The van der Waals surface area contributed by atoms with Crippen LogP contribution in [0.15, 0.2) is 42.7 Å². The molecule has 0 spiro atoms. The fourth-order valence-electron chi connectivity index (χ4n) is 2.37. The van der Waals surface area contributed by atoms with Crippen molar-refractivity contribution in [1.82, 2.24) is 15.1 Å². The van der Waals surface area contributed by atoms with Crippen LogP contribution in [0.25, 0.3) is 0 Å². The molecule has 0 fully saturated rings. The molecule has 0 saturated carbocycles. The number of carboxylic acids is 1. The second-order valence-electron chi connectivity index (χ2n) is 5.64. The Kier molecular flexibility index (Phi) is 5.51. The molecule has 1 aromatic heterocycles. The van der Waals surface area contributed by atoms with Crippen LogP contribution in [0.3, 0.4) is 0 Å². The summed E-state index contributed by atoms with van der Waals surface area (Å²) in [6.45, 7) is 3.78. The SMILES string of the molecule is Cc1cccc(C[C@@H](CNC(=O)[C@H](C)n2cccn2)C(=O)O)c1. The molecule has 2 atom stereocenters. The molecule has 0 aliphatic carbocycles. The smallest absolute Gasteiger partial charge is 0.308 e. The molecule has 6 nitrogen and oxygen atoms in total. The number of hydrogen-bond donors (Lipinski definition) is 2. The van der Waals surface area contributed by atoms with Crippen LogP contribution in [0.5, 0.6) is 0 Å². The molecule has 0 bridgehead atoms. The van der Waals surface area contributed by atoms with Gasteiger partial charge < -0.3 is 10.4 Å². The zero-order valence-electron chi connectivity index (χ0n) is 13.3. The lowest BCUT2D eigenvalue weighted by atomic mass is 9.98. The van der Waals surface area contributed by atoms with Gasteiger partial charge in [0.15, 0.2) is 0 Å². The molecule has 0 aliphatic rings. The van der Waals surface area contributed by atoms with Gasteiger partial charge in [-0.05, 0) is 31.9 Å². The minimum absolute atomic E-state index is 0.0910. The number of rotatable bonds is 7. The zero-order chi connectivity index (χ0) is 16.8. The van der Waals surface area contributed by atoms with Crippen LogP contribution in [0, 0.1) is 12.8 Å². The monoisotopic (exact) mass is 315 g/mol. The molecule has 2 N–H and O–H groups in total. The fraction of sp³-hybridized carbons (Fsp3) is 0.353. The van der Waals surface area contributed by atoms with Crippen LogP contribution < -0.4 is 5.32 Å². The lowest BCUT2D eigenvalue weighted by Gasteiger charge is -2.17. The van der Waals surface area contributed by atoms with Crippen molar-refractivity contribution in [3.8, 4) is 0 Å². The van der Waals surface area contributed by atoms with Crippen molar-refractivity contribution in [2.45, 2.75) is 26.3 Å². The van der Waals surface area contributed by atoms with Gasteiger partial charge in [-0.1, -0.05) is 29.8 Å². The molecule has 6 heteroatoms. The Morgan fingerprint density at radius 1 is 1.35 bits per heavy atom. The molecule has 0 aliphatic heterocycles. The van der Waals surface area contributed by atoms with Gasteiger partial charge in [0.05, 0.1) is 5.92 Å². The molecule has 2 rings (SSSR count). The highest BCUT2D eigenvalue weighted by Gasteiger charge is 2.21. The van der Waals surface area contributed by atoms with Gasteiger partial charge in [-0.2, -0.15) is 5.10 Å². The van der Waals surface area contributed by atoms with Crippen molar-refractivity contribution >= 4 is 11.9 Å². The summed E-state index contributed by atoms with van der Waals surface area (Å²) in [5.41, 5.74) is 2.04. The molecule has 0 saturated heterocycles. The predicted octanol–water partition coefficient (Wildman–Crippen LogP) is 1.81. The highest BCUT2D eigenvalue weighted by Crippen LogP contribution is 2.11. The molecular weight excluding hydrogens is 294 g/mol. The lowest BCUT2D eigenvalue weighted by molar-refractivity contribution is -0.141. The van der Waals surface area contributed by atoms with Gasteiger partial charge in [0, 0.05) is 18.9 Å². The number of aliphatic carboxylic acids is 1. The van der Waals surface area contributed by atoms with Gasteiger partial charge in [-0.3, -0.25) is 14.3 Å². The van der Waals surface area contributed by atoms with E-state index < -0.39 is 17.9 Å². The second-order valence-corrected chi connectivity index (χ2v) is 5.64. The summed E-state index contributed by atoms with van der Waals surface area (Å²) in [6.07, 6.45) is 3.68. The first-order valence-corrected chi connectivity index (χ1v) is 7.52. The van der Waals surface area contributed by atoms with Gasteiger partial charge >= 0.3 is 5.97 Å². The summed E-state index contributed by atoms with van der Waals surface area (Å²) >= 11 is 0. The van der Waals surface area contributed by atoms with E-state index in [0.717, 1.165) is 11.1 Å². The van der Waals surface area contributed by atoms with Gasteiger partial charge in [-0.25, -0.2) is 0 Å². The number of carbonyl (C=O) groups excluding carboxylic acids is 1. The Morgan fingerprint density at radius 2 is 2.13 bits per heavy atom. The van der Waals surface area contributed by atoms with Crippen LogP contribution in [0.4, 0.5) is 0 Å². The van der Waals surface area contributed by atoms with Crippen molar-refractivity contribution in [3.05, 3.63) is 53.9 Å². The minimum atomic E-state index is -0.918. The van der Waals surface area contributed by atoms with E-state index in [2.05, 4.69) is 10.4 Å². The Labute approximate surface area is 135 Å². The Hall–Kier alpha value is -2.63. The molecule has 23 heavy (non-hydrogen) atoms. The maximum atomic E-state index is 12.1. The second kappa shape index (κ2) is 7.58. The highest BCUT2D eigenvalue weighted by molar-refractivity contribution is 5.80. The highest BCUT2D eigenvalue weighted by atomic mass is 16.4. The van der Waals surface area contributed by atoms with Crippen LogP contribution in [0.1, 0.15) is 24.1 Å². The zero-order valence-corrected chi connectivity index (χ0v) is 13.3. The van der Waals surface area contributed by atoms with Gasteiger partial charge in [0.25, 0.3) is 0 Å². The number of nitrogens with one attached hydrogen (secondary N) is 1. The van der Waals surface area contributed by atoms with Crippen molar-refractivity contribution in [1.29, 1.82) is 0 Å². The first kappa shape index (κ1) is 16.7. The average Bonchev–Trinajstić information content (AvgIpc) is 3.04. The number of hydrogen-bond acceptors (Lipinski definition) is 3. The third kappa shape index (κ3) is 4.67. The van der Waals surface area contributed by atoms with Crippen LogP contribution in [-0.2, 0) is 16.0 Å². The van der Waals surface area contributed by atoms with E-state index in [4.69, 9.17) is 0 Å². The number of amides is 1. The third-order valence-corrected chi connectivity index (χ3v) is 3.74. The molecule has 1 aromatic carbocycles. The first-order valence-electron chi connectivity index (χ1n) is 7.52. The van der Waals surface area contributed by atoms with Gasteiger partial charge in [0.2, 0.25) is 5.91 Å². The van der Waals surface area contributed by atoms with E-state index in [1.165, 1.54) is 4.68 Å². The van der Waals surface area contributed by atoms with Crippen molar-refractivity contribution < 1.29 is 14.7 Å². The van der Waals surface area contributed by atoms with Crippen molar-refractivity contribution in [2.24, 2.45) is 5.92 Å². The van der Waals surface area contributed by atoms with E-state index in [9.17, 15) is 14.7 Å². The Balaban J connectivity index is 1.94. The summed E-state index contributed by atoms with van der Waals surface area (Å²) in [4.78, 5) is 23.5. The number of aryl methyl sites for hydroxylation is 1. The van der Waals surface area contributed by atoms with Crippen molar-refractivity contribution in [2.75, 3.05) is 6.54 Å². The van der Waals surface area contributed by atoms with Crippen LogP contribution in [-0.4, -0.2) is 33.3 Å². The molecule has 2 aromatic rings. The predicted molar refractivity (Wildman–Crippen MR) is 86.0 cm³/mol. The topological polar surface area (TPSA) is 84.2 Å². The molecule has 1 amide bonds. The standard InChI is InChI=1S/C17H21N3O3/c1-12-5-3-6-14(9-12)10-15(17(22)23)11-18-16(21)13(2)20-8-4-7-19-20/h3-9,13,15H,10-11H2,1-2H3,(H,18,21)(H,22,23)/t13-,15-/m0/s1. The van der Waals surface area contributed by atoms with E-state index in [-0.39, 0.29) is 12.5 Å². The molecule has 122 valence electrons. The van der Waals surface area contributed by atoms with Crippen molar-refractivity contribution in [3.63, 3.8) is 0 Å². The first-order chi connectivity index (χ1) is 11.0. The lowest BCUT2D eigenvalue weighted by Crippen LogP contribution is -2.37. The van der Waals surface area contributed by atoms with Crippen LogP contribution >= 0.6 is 0 Å². The molecule has 0 radical (unpaired) electrons. The number of aromatic nitrogens is 2. The van der Waals surface area contributed by atoms with Gasteiger partial charge in [-0.15, -0.1) is 0 Å². The summed E-state index contributed by atoms with van der Waals surface area (Å²) in [5.74, 6) is -1.83. The molecule has 1 heterocycles. The largest absolute Gasteiger partial charge is 0.481 e. The fourth-order valence-corrected chi connectivity index (χ4v) is 2.37. The Bertz CT molecular complexity index is 667. The van der Waals surface area contributed by atoms with E-state index in [0.29, 0.717) is 6.42 Å². The number of carbonyl (C=O) groups is 2. The quantitative estimate of drug-likeness (QED) is 0.816. The normalized spacial score (nSPS) is 13.3. The maximum Gasteiger partial charge on any atom is 0.308 e.